The van der Waals surface area contributed by atoms with Crippen molar-refractivity contribution in [2.45, 2.75) is 6.61 Å². The molecule has 1 aromatic heterocycles. The fourth-order valence-electron chi connectivity index (χ4n) is 2.15. The summed E-state index contributed by atoms with van der Waals surface area (Å²) in [5.41, 5.74) is 6.23. The highest BCUT2D eigenvalue weighted by atomic mass is 79.9. The van der Waals surface area contributed by atoms with Crippen LogP contribution in [0.15, 0.2) is 70.5 Å². The fourth-order valence-corrected chi connectivity index (χ4v) is 3.43. The molecule has 0 fully saturated rings. The number of carbonyl (C=O) groups excluding carboxylic acids is 2. The predicted molar refractivity (Wildman–Crippen MR) is 104 cm³/mol. The van der Waals surface area contributed by atoms with Crippen molar-refractivity contribution in [2.75, 3.05) is 0 Å². The van der Waals surface area contributed by atoms with E-state index in [4.69, 9.17) is 4.74 Å². The first-order valence-electron chi connectivity index (χ1n) is 7.74. The van der Waals surface area contributed by atoms with Gasteiger partial charge in [0.25, 0.3) is 11.8 Å². The molecule has 26 heavy (non-hydrogen) atoms. The van der Waals surface area contributed by atoms with Gasteiger partial charge in [0.15, 0.2) is 0 Å². The Kier molecular flexibility index (Phi) is 6.04. The number of halogens is 1. The van der Waals surface area contributed by atoms with Gasteiger partial charge < -0.3 is 4.74 Å². The number of thiophene rings is 1. The molecule has 0 unspecified atom stereocenters. The predicted octanol–water partition coefficient (Wildman–Crippen LogP) is 4.16. The van der Waals surface area contributed by atoms with Crippen LogP contribution in [0.1, 0.15) is 25.6 Å². The zero-order valence-electron chi connectivity index (χ0n) is 13.6. The topological polar surface area (TPSA) is 67.4 Å². The van der Waals surface area contributed by atoms with Crippen molar-refractivity contribution in [3.8, 4) is 5.75 Å². The van der Waals surface area contributed by atoms with E-state index in [1.54, 1.807) is 36.4 Å². The summed E-state index contributed by atoms with van der Waals surface area (Å²) in [6.07, 6.45) is 0. The highest BCUT2D eigenvalue weighted by molar-refractivity contribution is 9.11. The van der Waals surface area contributed by atoms with Crippen LogP contribution >= 0.6 is 27.3 Å². The van der Waals surface area contributed by atoms with Crippen LogP contribution in [0.25, 0.3) is 0 Å². The highest BCUT2D eigenvalue weighted by Gasteiger charge is 2.11. The van der Waals surface area contributed by atoms with Gasteiger partial charge in [-0.15, -0.1) is 11.3 Å². The first kappa shape index (κ1) is 18.2. The molecule has 2 N–H and O–H groups in total. The summed E-state index contributed by atoms with van der Waals surface area (Å²) in [4.78, 5) is 24.7. The third-order valence-corrected chi connectivity index (χ3v) is 5.05. The second-order valence-electron chi connectivity index (χ2n) is 5.31. The van der Waals surface area contributed by atoms with Crippen molar-refractivity contribution in [1.29, 1.82) is 0 Å². The van der Waals surface area contributed by atoms with Crippen molar-refractivity contribution in [1.82, 2.24) is 10.9 Å². The van der Waals surface area contributed by atoms with Gasteiger partial charge >= 0.3 is 0 Å². The smallest absolute Gasteiger partial charge is 0.279 e. The van der Waals surface area contributed by atoms with E-state index in [-0.39, 0.29) is 5.91 Å². The maximum atomic E-state index is 12.2. The molecule has 5 nitrogen and oxygen atoms in total. The Hall–Kier alpha value is -2.64. The number of benzene rings is 2. The van der Waals surface area contributed by atoms with E-state index in [1.165, 1.54) is 11.3 Å². The van der Waals surface area contributed by atoms with Crippen molar-refractivity contribution < 1.29 is 14.3 Å². The summed E-state index contributed by atoms with van der Waals surface area (Å²) < 4.78 is 6.55. The molecule has 0 saturated heterocycles. The number of hydrazine groups is 1. The summed E-state index contributed by atoms with van der Waals surface area (Å²) in [6, 6.07) is 20.0. The lowest BCUT2D eigenvalue weighted by molar-refractivity contribution is 0.0848. The van der Waals surface area contributed by atoms with Gasteiger partial charge in [0, 0.05) is 5.56 Å². The highest BCUT2D eigenvalue weighted by Crippen LogP contribution is 2.21. The van der Waals surface area contributed by atoms with E-state index in [2.05, 4.69) is 26.8 Å². The molecule has 0 spiro atoms. The molecule has 3 rings (SSSR count). The Balaban J connectivity index is 1.56. The molecule has 0 aliphatic heterocycles. The van der Waals surface area contributed by atoms with Gasteiger partial charge in [0.2, 0.25) is 0 Å². The number of rotatable bonds is 5. The van der Waals surface area contributed by atoms with Crippen LogP contribution in [0.3, 0.4) is 0 Å². The zero-order chi connectivity index (χ0) is 18.4. The van der Waals surface area contributed by atoms with E-state index in [9.17, 15) is 9.59 Å². The summed E-state index contributed by atoms with van der Waals surface area (Å²) >= 11 is 4.58. The summed E-state index contributed by atoms with van der Waals surface area (Å²) in [7, 11) is 0. The van der Waals surface area contributed by atoms with E-state index in [0.717, 1.165) is 9.35 Å². The molecule has 1 heterocycles. The van der Waals surface area contributed by atoms with Crippen molar-refractivity contribution in [3.63, 3.8) is 0 Å². The van der Waals surface area contributed by atoms with Gasteiger partial charge in [-0.25, -0.2) is 0 Å². The molecular weight excluding hydrogens is 416 g/mol. The second-order valence-corrected chi connectivity index (χ2v) is 7.78. The van der Waals surface area contributed by atoms with Gasteiger partial charge in [0.1, 0.15) is 12.4 Å². The Morgan fingerprint density at radius 2 is 1.69 bits per heavy atom. The van der Waals surface area contributed by atoms with E-state index >= 15 is 0 Å². The lowest BCUT2D eigenvalue weighted by atomic mass is 10.2. The molecule has 0 radical (unpaired) electrons. The van der Waals surface area contributed by atoms with Crippen LogP contribution in [0.4, 0.5) is 0 Å². The molecule has 0 aliphatic rings. The number of nitrogens with one attached hydrogen (secondary N) is 2. The molecule has 0 bridgehead atoms. The molecule has 2 amide bonds. The second kappa shape index (κ2) is 8.64. The average Bonchev–Trinajstić information content (AvgIpc) is 3.12. The fraction of sp³-hybridized carbons (Fsp3) is 0.0526. The van der Waals surface area contributed by atoms with Crippen LogP contribution in [0.2, 0.25) is 0 Å². The molecule has 0 saturated carbocycles. The Labute approximate surface area is 163 Å². The number of amides is 2. The van der Waals surface area contributed by atoms with Gasteiger partial charge in [-0.1, -0.05) is 36.4 Å². The zero-order valence-corrected chi connectivity index (χ0v) is 16.0. The van der Waals surface area contributed by atoms with Crippen LogP contribution < -0.4 is 15.6 Å². The average molecular weight is 431 g/mol. The monoisotopic (exact) mass is 430 g/mol. The molecule has 132 valence electrons. The minimum Gasteiger partial charge on any atom is -0.489 e. The third-order valence-electron chi connectivity index (χ3n) is 3.43. The molecule has 3 aromatic rings. The first-order chi connectivity index (χ1) is 12.6. The van der Waals surface area contributed by atoms with Gasteiger partial charge in [-0.2, -0.15) is 0 Å². The van der Waals surface area contributed by atoms with Crippen molar-refractivity contribution in [3.05, 3.63) is 86.5 Å². The Morgan fingerprint density at radius 3 is 2.42 bits per heavy atom. The van der Waals surface area contributed by atoms with Crippen LogP contribution in [-0.2, 0) is 6.61 Å². The minimum atomic E-state index is -0.417. The lowest BCUT2D eigenvalue weighted by Gasteiger charge is -2.09. The maximum Gasteiger partial charge on any atom is 0.279 e. The number of hydrogen-bond donors (Lipinski definition) is 2. The Morgan fingerprint density at radius 1 is 0.923 bits per heavy atom. The standard InChI is InChI=1S/C19H15BrN2O3S/c20-17-10-9-16(26-17)19(24)22-21-18(23)14-7-4-8-15(11-14)25-12-13-5-2-1-3-6-13/h1-11H,12H2,(H,21,23)(H,22,24). The van der Waals surface area contributed by atoms with Gasteiger partial charge in [-0.3, -0.25) is 20.4 Å². The van der Waals surface area contributed by atoms with Crippen LogP contribution in [0, 0.1) is 0 Å². The van der Waals surface area contributed by atoms with Crippen molar-refractivity contribution >= 4 is 39.1 Å². The summed E-state index contributed by atoms with van der Waals surface area (Å²) in [5.74, 6) is -0.209. The summed E-state index contributed by atoms with van der Waals surface area (Å²) in [6.45, 7) is 0.413. The normalized spacial score (nSPS) is 10.2. The number of hydrogen-bond acceptors (Lipinski definition) is 4. The molecule has 0 aliphatic carbocycles. The van der Waals surface area contributed by atoms with E-state index in [0.29, 0.717) is 22.8 Å². The lowest BCUT2D eigenvalue weighted by Crippen LogP contribution is -2.41. The summed E-state index contributed by atoms with van der Waals surface area (Å²) in [5, 5.41) is 0. The molecule has 7 heteroatoms. The van der Waals surface area contributed by atoms with Gasteiger partial charge in [0.05, 0.1) is 8.66 Å². The molecular formula is C19H15BrN2O3S. The Bertz CT molecular complexity index is 912. The number of carbonyl (C=O) groups is 2. The largest absolute Gasteiger partial charge is 0.489 e. The first-order valence-corrected chi connectivity index (χ1v) is 9.35. The van der Waals surface area contributed by atoms with Crippen LogP contribution in [-0.4, -0.2) is 11.8 Å². The number of ether oxygens (including phenoxy) is 1. The SMILES string of the molecule is O=C(NNC(=O)c1ccc(Br)s1)c1cccc(OCc2ccccc2)c1. The van der Waals surface area contributed by atoms with Crippen molar-refractivity contribution in [2.24, 2.45) is 0 Å². The minimum absolute atomic E-state index is 0.370. The van der Waals surface area contributed by atoms with Crippen LogP contribution in [0.5, 0.6) is 5.75 Å². The molecule has 2 aromatic carbocycles. The van der Waals surface area contributed by atoms with E-state index < -0.39 is 5.91 Å². The quantitative estimate of drug-likeness (QED) is 0.597. The van der Waals surface area contributed by atoms with Gasteiger partial charge in [-0.05, 0) is 51.8 Å². The van der Waals surface area contributed by atoms with E-state index in [1.807, 2.05) is 30.3 Å². The molecule has 0 atom stereocenters. The maximum absolute atomic E-state index is 12.2. The third kappa shape index (κ3) is 4.93.